The number of likely N-dealkylation sites (tertiary alicyclic amines) is 1. The Bertz CT molecular complexity index is 1070. The molecule has 1 atom stereocenters. The van der Waals surface area contributed by atoms with Gasteiger partial charge in [-0.2, -0.15) is 0 Å². The lowest BCUT2D eigenvalue weighted by Gasteiger charge is -2.32. The van der Waals surface area contributed by atoms with E-state index in [1.54, 1.807) is 23.2 Å². The molecule has 1 saturated heterocycles. The fourth-order valence-corrected chi connectivity index (χ4v) is 3.92. The highest BCUT2D eigenvalue weighted by molar-refractivity contribution is 5.78. The van der Waals surface area contributed by atoms with Crippen molar-refractivity contribution >= 4 is 5.91 Å². The Morgan fingerprint density at radius 3 is 2.47 bits per heavy atom. The minimum atomic E-state index is -0.576. The van der Waals surface area contributed by atoms with Gasteiger partial charge in [-0.15, -0.1) is 0 Å². The predicted octanol–water partition coefficient (Wildman–Crippen LogP) is 4.87. The first-order chi connectivity index (χ1) is 15.5. The van der Waals surface area contributed by atoms with Crippen molar-refractivity contribution in [3.8, 4) is 5.75 Å². The molecule has 1 aliphatic rings. The van der Waals surface area contributed by atoms with Crippen LogP contribution in [0.5, 0.6) is 5.75 Å². The van der Waals surface area contributed by atoms with Gasteiger partial charge in [0.1, 0.15) is 11.6 Å². The van der Waals surface area contributed by atoms with E-state index in [-0.39, 0.29) is 36.2 Å². The van der Waals surface area contributed by atoms with Gasteiger partial charge in [-0.05, 0) is 48.7 Å². The molecule has 0 saturated carbocycles. The van der Waals surface area contributed by atoms with Crippen LogP contribution in [0.15, 0.2) is 60.8 Å². The van der Waals surface area contributed by atoms with Crippen molar-refractivity contribution in [1.29, 1.82) is 0 Å². The van der Waals surface area contributed by atoms with E-state index in [9.17, 15) is 18.0 Å². The SMILES string of the molecule is O=C(COc1ccccc1F)N1CCC[C@@H](c2ccc(Cc3c(F)cccc3F)cn2)C1. The molecule has 0 bridgehead atoms. The number of carbonyl (C=O) groups excluding carboxylic acids is 1. The molecule has 1 fully saturated rings. The summed E-state index contributed by atoms with van der Waals surface area (Å²) in [6.45, 7) is 0.878. The first kappa shape index (κ1) is 21.9. The van der Waals surface area contributed by atoms with Crippen molar-refractivity contribution in [1.82, 2.24) is 9.88 Å². The highest BCUT2D eigenvalue weighted by Gasteiger charge is 2.26. The van der Waals surface area contributed by atoms with E-state index < -0.39 is 17.5 Å². The average molecular weight is 440 g/mol. The molecular formula is C25H23F3N2O2. The van der Waals surface area contributed by atoms with E-state index >= 15 is 0 Å². The molecule has 4 nitrogen and oxygen atoms in total. The summed E-state index contributed by atoms with van der Waals surface area (Å²) in [7, 11) is 0. The molecule has 1 aliphatic heterocycles. The molecule has 0 radical (unpaired) electrons. The standard InChI is InChI=1S/C25H23F3N2O2/c26-20-7-3-8-21(27)19(20)13-17-10-11-23(29-14-17)18-5-4-12-30(15-18)25(31)16-32-24-9-2-1-6-22(24)28/h1-3,6-11,14,18H,4-5,12-13,15-16H2/t18-/m1/s1. The number of ether oxygens (including phenoxy) is 1. The van der Waals surface area contributed by atoms with E-state index in [0.29, 0.717) is 18.7 Å². The monoisotopic (exact) mass is 440 g/mol. The maximum atomic E-state index is 13.9. The summed E-state index contributed by atoms with van der Waals surface area (Å²) in [5, 5.41) is 0. The second kappa shape index (κ2) is 9.85. The zero-order valence-corrected chi connectivity index (χ0v) is 17.4. The molecule has 32 heavy (non-hydrogen) atoms. The number of para-hydroxylation sites is 1. The molecule has 2 heterocycles. The van der Waals surface area contributed by atoms with Crippen LogP contribution in [-0.4, -0.2) is 35.5 Å². The van der Waals surface area contributed by atoms with Crippen LogP contribution >= 0.6 is 0 Å². The van der Waals surface area contributed by atoms with Gasteiger partial charge in [-0.25, -0.2) is 13.2 Å². The molecule has 0 spiro atoms. The van der Waals surface area contributed by atoms with Crippen LogP contribution in [-0.2, 0) is 11.2 Å². The largest absolute Gasteiger partial charge is 0.481 e. The Morgan fingerprint density at radius 1 is 1.00 bits per heavy atom. The Hall–Kier alpha value is -3.35. The van der Waals surface area contributed by atoms with Gasteiger partial charge in [-0.3, -0.25) is 9.78 Å². The van der Waals surface area contributed by atoms with Crippen molar-refractivity contribution in [3.63, 3.8) is 0 Å². The average Bonchev–Trinajstić information content (AvgIpc) is 2.81. The van der Waals surface area contributed by atoms with Crippen molar-refractivity contribution in [3.05, 3.63) is 95.1 Å². The van der Waals surface area contributed by atoms with Gasteiger partial charge in [0.05, 0.1) is 0 Å². The molecule has 166 valence electrons. The number of halogens is 3. The van der Waals surface area contributed by atoms with Crippen LogP contribution in [0.3, 0.4) is 0 Å². The van der Waals surface area contributed by atoms with Crippen molar-refractivity contribution in [2.75, 3.05) is 19.7 Å². The summed E-state index contributed by atoms with van der Waals surface area (Å²) in [6, 6.07) is 13.5. The fraction of sp³-hybridized carbons (Fsp3) is 0.280. The summed E-state index contributed by atoms with van der Waals surface area (Å²) in [6.07, 6.45) is 3.45. The summed E-state index contributed by atoms with van der Waals surface area (Å²) >= 11 is 0. The molecule has 3 aromatic rings. The van der Waals surface area contributed by atoms with Crippen LogP contribution in [0.2, 0.25) is 0 Å². The van der Waals surface area contributed by atoms with E-state index in [4.69, 9.17) is 4.74 Å². The highest BCUT2D eigenvalue weighted by Crippen LogP contribution is 2.26. The molecule has 0 unspecified atom stereocenters. The zero-order valence-electron chi connectivity index (χ0n) is 17.4. The summed E-state index contributed by atoms with van der Waals surface area (Å²) in [5.41, 5.74) is 1.56. The van der Waals surface area contributed by atoms with Gasteiger partial charge in [0.25, 0.3) is 5.91 Å². The van der Waals surface area contributed by atoms with E-state index in [0.717, 1.165) is 18.5 Å². The van der Waals surface area contributed by atoms with Crippen molar-refractivity contribution in [2.24, 2.45) is 0 Å². The van der Waals surface area contributed by atoms with Gasteiger partial charge in [-0.1, -0.05) is 24.3 Å². The maximum Gasteiger partial charge on any atom is 0.260 e. The third-order valence-electron chi connectivity index (χ3n) is 5.67. The Balaban J connectivity index is 1.36. The number of piperidine rings is 1. The molecule has 2 aromatic carbocycles. The lowest BCUT2D eigenvalue weighted by atomic mass is 9.93. The number of amides is 1. The number of pyridine rings is 1. The fourth-order valence-electron chi connectivity index (χ4n) is 3.92. The summed E-state index contributed by atoms with van der Waals surface area (Å²) in [5.74, 6) is -1.75. The second-order valence-electron chi connectivity index (χ2n) is 7.87. The van der Waals surface area contributed by atoms with Gasteiger partial charge in [0.15, 0.2) is 18.2 Å². The number of hydrogen-bond acceptors (Lipinski definition) is 3. The van der Waals surface area contributed by atoms with Gasteiger partial charge in [0, 0.05) is 42.9 Å². The van der Waals surface area contributed by atoms with Crippen molar-refractivity contribution in [2.45, 2.75) is 25.2 Å². The number of carbonyl (C=O) groups is 1. The Kier molecular flexibility index (Phi) is 6.73. The number of nitrogens with zero attached hydrogens (tertiary/aromatic N) is 2. The molecule has 0 aliphatic carbocycles. The summed E-state index contributed by atoms with van der Waals surface area (Å²) in [4.78, 5) is 18.8. The molecule has 1 aromatic heterocycles. The van der Waals surface area contributed by atoms with Gasteiger partial charge in [0.2, 0.25) is 0 Å². The molecule has 0 N–H and O–H groups in total. The van der Waals surface area contributed by atoms with Crippen LogP contribution in [0.1, 0.15) is 35.6 Å². The van der Waals surface area contributed by atoms with E-state index in [1.807, 2.05) is 12.1 Å². The minimum absolute atomic E-state index is 0.0198. The third-order valence-corrected chi connectivity index (χ3v) is 5.67. The van der Waals surface area contributed by atoms with Crippen LogP contribution in [0.25, 0.3) is 0 Å². The number of aromatic nitrogens is 1. The highest BCUT2D eigenvalue weighted by atomic mass is 19.1. The first-order valence-electron chi connectivity index (χ1n) is 10.5. The molecule has 7 heteroatoms. The summed E-state index contributed by atoms with van der Waals surface area (Å²) < 4.78 is 46.8. The molecule has 4 rings (SSSR count). The first-order valence-corrected chi connectivity index (χ1v) is 10.5. The van der Waals surface area contributed by atoms with E-state index in [1.165, 1.54) is 30.3 Å². The van der Waals surface area contributed by atoms with Crippen LogP contribution in [0.4, 0.5) is 13.2 Å². The topological polar surface area (TPSA) is 42.4 Å². The van der Waals surface area contributed by atoms with E-state index in [2.05, 4.69) is 4.98 Å². The predicted molar refractivity (Wildman–Crippen MR) is 114 cm³/mol. The molecule has 1 amide bonds. The lowest BCUT2D eigenvalue weighted by Crippen LogP contribution is -2.41. The lowest BCUT2D eigenvalue weighted by molar-refractivity contribution is -0.134. The minimum Gasteiger partial charge on any atom is -0.481 e. The Morgan fingerprint density at radius 2 is 1.75 bits per heavy atom. The van der Waals surface area contributed by atoms with Gasteiger partial charge < -0.3 is 9.64 Å². The zero-order chi connectivity index (χ0) is 22.5. The quantitative estimate of drug-likeness (QED) is 0.549. The second-order valence-corrected chi connectivity index (χ2v) is 7.87. The number of rotatable bonds is 6. The van der Waals surface area contributed by atoms with Gasteiger partial charge >= 0.3 is 0 Å². The molecular weight excluding hydrogens is 417 g/mol. The van der Waals surface area contributed by atoms with Crippen molar-refractivity contribution < 1.29 is 22.7 Å². The normalized spacial score (nSPS) is 16.1. The van der Waals surface area contributed by atoms with Crippen LogP contribution in [0, 0.1) is 17.5 Å². The maximum absolute atomic E-state index is 13.9. The number of benzene rings is 2. The smallest absolute Gasteiger partial charge is 0.260 e. The Labute approximate surface area is 184 Å². The number of hydrogen-bond donors (Lipinski definition) is 0. The third kappa shape index (κ3) is 5.10. The van der Waals surface area contributed by atoms with Crippen LogP contribution < -0.4 is 4.74 Å².